The molecule has 0 atom stereocenters. The first kappa shape index (κ1) is 15.5. The predicted octanol–water partition coefficient (Wildman–Crippen LogP) is 5.05. The Morgan fingerprint density at radius 3 is 2.41 bits per heavy atom. The lowest BCUT2D eigenvalue weighted by atomic mass is 9.77. The molecule has 1 aliphatic heterocycles. The molecule has 0 aromatic heterocycles. The standard InChI is InChI=1S/C17H23F3N2/c1-12(2)22-15-13(17(18,19)20)7-6-8-14(15)21-11-16(22)9-4-3-5-10-16/h6-8,12,21H,3-5,9-11H2,1-2H3. The van der Waals surface area contributed by atoms with Crippen LogP contribution >= 0.6 is 0 Å². The molecule has 0 saturated heterocycles. The zero-order valence-electron chi connectivity index (χ0n) is 13.1. The van der Waals surface area contributed by atoms with Crippen LogP contribution in [0.5, 0.6) is 0 Å². The van der Waals surface area contributed by atoms with E-state index < -0.39 is 11.7 Å². The van der Waals surface area contributed by atoms with Gasteiger partial charge in [-0.1, -0.05) is 25.3 Å². The second-order valence-corrected chi connectivity index (χ2v) is 6.80. The van der Waals surface area contributed by atoms with Gasteiger partial charge in [0.15, 0.2) is 0 Å². The molecule has 1 aliphatic carbocycles. The summed E-state index contributed by atoms with van der Waals surface area (Å²) >= 11 is 0. The van der Waals surface area contributed by atoms with Gasteiger partial charge in [0.2, 0.25) is 0 Å². The molecule has 0 bridgehead atoms. The van der Waals surface area contributed by atoms with Crippen molar-refractivity contribution in [1.82, 2.24) is 0 Å². The van der Waals surface area contributed by atoms with Crippen molar-refractivity contribution in [2.45, 2.75) is 63.7 Å². The van der Waals surface area contributed by atoms with E-state index >= 15 is 0 Å². The van der Waals surface area contributed by atoms with E-state index in [2.05, 4.69) is 10.2 Å². The molecule has 1 saturated carbocycles. The molecular weight excluding hydrogens is 289 g/mol. The molecule has 5 heteroatoms. The van der Waals surface area contributed by atoms with Gasteiger partial charge in [-0.2, -0.15) is 13.2 Å². The fraction of sp³-hybridized carbons (Fsp3) is 0.647. The minimum atomic E-state index is -4.33. The van der Waals surface area contributed by atoms with Crippen molar-refractivity contribution < 1.29 is 13.2 Å². The van der Waals surface area contributed by atoms with Crippen molar-refractivity contribution in [1.29, 1.82) is 0 Å². The third kappa shape index (κ3) is 2.44. The Kier molecular flexibility index (Phi) is 3.77. The fourth-order valence-corrected chi connectivity index (χ4v) is 4.19. The van der Waals surface area contributed by atoms with Crippen LogP contribution in [0, 0.1) is 0 Å². The second kappa shape index (κ2) is 5.36. The highest BCUT2D eigenvalue weighted by molar-refractivity contribution is 5.78. The number of anilines is 2. The second-order valence-electron chi connectivity index (χ2n) is 6.80. The number of benzene rings is 1. The highest BCUT2D eigenvalue weighted by atomic mass is 19.4. The Balaban J connectivity index is 2.15. The summed E-state index contributed by atoms with van der Waals surface area (Å²) < 4.78 is 40.5. The van der Waals surface area contributed by atoms with Crippen LogP contribution in [0.2, 0.25) is 0 Å². The molecule has 1 aromatic carbocycles. The van der Waals surface area contributed by atoms with E-state index in [1.165, 1.54) is 18.6 Å². The molecular formula is C17H23F3N2. The van der Waals surface area contributed by atoms with Gasteiger partial charge >= 0.3 is 6.18 Å². The molecule has 0 amide bonds. The molecule has 1 spiro atoms. The van der Waals surface area contributed by atoms with E-state index in [0.717, 1.165) is 32.2 Å². The van der Waals surface area contributed by atoms with E-state index in [9.17, 15) is 13.2 Å². The summed E-state index contributed by atoms with van der Waals surface area (Å²) in [6.45, 7) is 4.73. The lowest BCUT2D eigenvalue weighted by Gasteiger charge is -2.54. The van der Waals surface area contributed by atoms with E-state index in [4.69, 9.17) is 0 Å². The van der Waals surface area contributed by atoms with Crippen LogP contribution < -0.4 is 10.2 Å². The van der Waals surface area contributed by atoms with Crippen LogP contribution in [0.1, 0.15) is 51.5 Å². The van der Waals surface area contributed by atoms with Crippen molar-refractivity contribution in [2.75, 3.05) is 16.8 Å². The van der Waals surface area contributed by atoms with Crippen LogP contribution in [0.3, 0.4) is 0 Å². The topological polar surface area (TPSA) is 15.3 Å². The van der Waals surface area contributed by atoms with Crippen molar-refractivity contribution in [2.24, 2.45) is 0 Å². The zero-order chi connectivity index (χ0) is 16.0. The Morgan fingerprint density at radius 2 is 1.82 bits per heavy atom. The highest BCUT2D eigenvalue weighted by Gasteiger charge is 2.46. The van der Waals surface area contributed by atoms with E-state index in [1.54, 1.807) is 6.07 Å². The van der Waals surface area contributed by atoms with Gasteiger partial charge in [0.1, 0.15) is 0 Å². The van der Waals surface area contributed by atoms with Crippen molar-refractivity contribution >= 4 is 11.4 Å². The van der Waals surface area contributed by atoms with Crippen LogP contribution in [0.25, 0.3) is 0 Å². The predicted molar refractivity (Wildman–Crippen MR) is 83.4 cm³/mol. The van der Waals surface area contributed by atoms with Gasteiger partial charge in [-0.05, 0) is 38.8 Å². The maximum absolute atomic E-state index is 13.5. The number of nitrogens with zero attached hydrogens (tertiary/aromatic N) is 1. The van der Waals surface area contributed by atoms with Gasteiger partial charge in [0, 0.05) is 12.6 Å². The summed E-state index contributed by atoms with van der Waals surface area (Å²) in [5.74, 6) is 0. The summed E-state index contributed by atoms with van der Waals surface area (Å²) in [5.41, 5.74) is 0.259. The Hall–Kier alpha value is -1.39. The number of hydrogen-bond donors (Lipinski definition) is 1. The molecule has 2 aliphatic rings. The molecule has 1 fully saturated rings. The number of hydrogen-bond acceptors (Lipinski definition) is 2. The van der Waals surface area contributed by atoms with Crippen LogP contribution in [0.15, 0.2) is 18.2 Å². The minimum Gasteiger partial charge on any atom is -0.381 e. The van der Waals surface area contributed by atoms with E-state index in [-0.39, 0.29) is 11.6 Å². The summed E-state index contributed by atoms with van der Waals surface area (Å²) in [5, 5.41) is 3.28. The maximum Gasteiger partial charge on any atom is 0.418 e. The number of rotatable bonds is 1. The first-order chi connectivity index (χ1) is 10.4. The Bertz CT molecular complexity index is 545. The number of para-hydroxylation sites is 1. The van der Waals surface area contributed by atoms with Gasteiger partial charge in [0.25, 0.3) is 0 Å². The first-order valence-electron chi connectivity index (χ1n) is 8.09. The number of halogens is 3. The lowest BCUT2D eigenvalue weighted by Crippen LogP contribution is -2.60. The summed E-state index contributed by atoms with van der Waals surface area (Å²) in [4.78, 5) is 2.06. The van der Waals surface area contributed by atoms with Gasteiger partial charge in [-0.25, -0.2) is 0 Å². The van der Waals surface area contributed by atoms with E-state index in [0.29, 0.717) is 11.4 Å². The molecule has 1 N–H and O–H groups in total. The highest BCUT2D eigenvalue weighted by Crippen LogP contribution is 2.49. The summed E-state index contributed by atoms with van der Waals surface area (Å²) in [7, 11) is 0. The molecule has 1 heterocycles. The number of alkyl halides is 3. The minimum absolute atomic E-state index is 0.0439. The number of fused-ring (bicyclic) bond motifs is 1. The molecule has 22 heavy (non-hydrogen) atoms. The van der Waals surface area contributed by atoms with Crippen LogP contribution in [0.4, 0.5) is 24.5 Å². The van der Waals surface area contributed by atoms with Crippen LogP contribution in [-0.2, 0) is 6.18 Å². The van der Waals surface area contributed by atoms with E-state index in [1.807, 2.05) is 13.8 Å². The summed E-state index contributed by atoms with van der Waals surface area (Å²) in [6, 6.07) is 4.50. The van der Waals surface area contributed by atoms with Gasteiger partial charge in [-0.3, -0.25) is 0 Å². The fourth-order valence-electron chi connectivity index (χ4n) is 4.19. The summed E-state index contributed by atoms with van der Waals surface area (Å²) in [6.07, 6.45) is 0.964. The average Bonchev–Trinajstić information content (AvgIpc) is 2.46. The molecule has 1 aromatic rings. The first-order valence-corrected chi connectivity index (χ1v) is 8.09. The Morgan fingerprint density at radius 1 is 1.14 bits per heavy atom. The molecule has 0 unspecified atom stereocenters. The number of nitrogens with one attached hydrogen (secondary N) is 1. The van der Waals surface area contributed by atoms with Gasteiger partial charge in [-0.15, -0.1) is 0 Å². The smallest absolute Gasteiger partial charge is 0.381 e. The molecule has 3 rings (SSSR count). The molecule has 0 radical (unpaired) electrons. The lowest BCUT2D eigenvalue weighted by molar-refractivity contribution is -0.137. The molecule has 2 nitrogen and oxygen atoms in total. The van der Waals surface area contributed by atoms with Gasteiger partial charge < -0.3 is 10.2 Å². The third-order valence-corrected chi connectivity index (χ3v) is 5.00. The maximum atomic E-state index is 13.5. The molecule has 122 valence electrons. The van der Waals surface area contributed by atoms with Crippen LogP contribution in [-0.4, -0.2) is 18.1 Å². The van der Waals surface area contributed by atoms with Crippen molar-refractivity contribution in [3.05, 3.63) is 23.8 Å². The normalized spacial score (nSPS) is 20.9. The van der Waals surface area contributed by atoms with Crippen molar-refractivity contribution in [3.8, 4) is 0 Å². The van der Waals surface area contributed by atoms with Crippen molar-refractivity contribution in [3.63, 3.8) is 0 Å². The van der Waals surface area contributed by atoms with Gasteiger partial charge in [0.05, 0.1) is 22.5 Å². The third-order valence-electron chi connectivity index (χ3n) is 5.00. The zero-order valence-corrected chi connectivity index (χ0v) is 13.1. The quantitative estimate of drug-likeness (QED) is 0.780. The monoisotopic (exact) mass is 312 g/mol. The SMILES string of the molecule is CC(C)N1c2c(cccc2C(F)(F)F)NCC12CCCCC2. The largest absolute Gasteiger partial charge is 0.418 e. The Labute approximate surface area is 129 Å². The average molecular weight is 312 g/mol.